The summed E-state index contributed by atoms with van der Waals surface area (Å²) in [6, 6.07) is 6.75. The molecule has 0 fully saturated rings. The fourth-order valence-electron chi connectivity index (χ4n) is 1.58. The largest absolute Gasteiger partial charge is 0.465 e. The maximum Gasteiger partial charge on any atom is 0.404 e. The van der Waals surface area contributed by atoms with Gasteiger partial charge >= 0.3 is 6.09 Å². The summed E-state index contributed by atoms with van der Waals surface area (Å²) in [6.07, 6.45) is -3.71. The zero-order valence-corrected chi connectivity index (χ0v) is 10.5. The van der Waals surface area contributed by atoms with E-state index in [0.29, 0.717) is 10.4 Å². The second-order valence-electron chi connectivity index (χ2n) is 3.72. The third-order valence-electron chi connectivity index (χ3n) is 2.46. The Balaban J connectivity index is 2.18. The second-order valence-corrected chi connectivity index (χ2v) is 4.58. The Hall–Kier alpha value is -2.02. The minimum absolute atomic E-state index is 0.181. The van der Waals surface area contributed by atoms with Crippen LogP contribution in [0.4, 0.5) is 13.6 Å². The molecule has 2 rings (SSSR count). The molecule has 7 heteroatoms. The van der Waals surface area contributed by atoms with Crippen molar-refractivity contribution in [2.75, 3.05) is 0 Å². The number of nitrogens with one attached hydrogen (secondary N) is 1. The van der Waals surface area contributed by atoms with Gasteiger partial charge in [0.2, 0.25) is 0 Å². The number of benzene rings is 1. The molecule has 19 heavy (non-hydrogen) atoms. The van der Waals surface area contributed by atoms with Crippen molar-refractivity contribution in [3.05, 3.63) is 41.0 Å². The zero-order chi connectivity index (χ0) is 13.8. The van der Waals surface area contributed by atoms with Gasteiger partial charge in [0.05, 0.1) is 10.4 Å². The molecule has 4 nitrogen and oxygen atoms in total. The zero-order valence-electron chi connectivity index (χ0n) is 9.64. The first kappa shape index (κ1) is 13.4. The van der Waals surface area contributed by atoms with Crippen molar-refractivity contribution in [3.8, 4) is 10.4 Å². The monoisotopic (exact) mass is 284 g/mol. The Kier molecular flexibility index (Phi) is 4.06. The van der Waals surface area contributed by atoms with E-state index < -0.39 is 12.5 Å². The van der Waals surface area contributed by atoms with Gasteiger partial charge in [-0.25, -0.2) is 18.6 Å². The number of carbonyl (C=O) groups is 1. The molecule has 0 bridgehead atoms. The highest BCUT2D eigenvalue weighted by molar-refractivity contribution is 7.13. The molecule has 1 amide bonds. The molecule has 2 N–H and O–H groups in total. The fraction of sp³-hybridized carbons (Fsp3) is 0.167. The van der Waals surface area contributed by atoms with Gasteiger partial charge in [-0.1, -0.05) is 24.3 Å². The summed E-state index contributed by atoms with van der Waals surface area (Å²) in [5.74, 6) is 0. The van der Waals surface area contributed by atoms with Crippen LogP contribution in [0.5, 0.6) is 0 Å². The highest BCUT2D eigenvalue weighted by Gasteiger charge is 2.17. The molecule has 1 aromatic heterocycles. The normalized spacial score (nSPS) is 10.7. The van der Waals surface area contributed by atoms with Crippen LogP contribution in [-0.2, 0) is 6.54 Å². The predicted octanol–water partition coefficient (Wildman–Crippen LogP) is 3.52. The van der Waals surface area contributed by atoms with Gasteiger partial charge < -0.3 is 10.4 Å². The molecule has 0 saturated heterocycles. The number of alkyl halides is 2. The maximum atomic E-state index is 12.7. The van der Waals surface area contributed by atoms with E-state index in [1.54, 1.807) is 24.3 Å². The first-order valence-electron chi connectivity index (χ1n) is 5.35. The summed E-state index contributed by atoms with van der Waals surface area (Å²) in [6.45, 7) is 0.181. The smallest absolute Gasteiger partial charge is 0.404 e. The average molecular weight is 284 g/mol. The number of halogens is 2. The van der Waals surface area contributed by atoms with E-state index in [1.165, 1.54) is 5.51 Å². The van der Waals surface area contributed by atoms with Crippen molar-refractivity contribution in [2.24, 2.45) is 0 Å². The number of rotatable bonds is 4. The van der Waals surface area contributed by atoms with E-state index in [4.69, 9.17) is 5.11 Å². The van der Waals surface area contributed by atoms with Crippen molar-refractivity contribution >= 4 is 17.4 Å². The van der Waals surface area contributed by atoms with Crippen LogP contribution < -0.4 is 5.32 Å². The summed E-state index contributed by atoms with van der Waals surface area (Å²) in [4.78, 5) is 14.4. The quantitative estimate of drug-likeness (QED) is 0.903. The van der Waals surface area contributed by atoms with Gasteiger partial charge in [-0.3, -0.25) is 0 Å². The third-order valence-corrected chi connectivity index (χ3v) is 3.35. The van der Waals surface area contributed by atoms with Crippen LogP contribution in [0.3, 0.4) is 0 Å². The van der Waals surface area contributed by atoms with E-state index >= 15 is 0 Å². The molecular weight excluding hydrogens is 274 g/mol. The van der Waals surface area contributed by atoms with Gasteiger partial charge in [-0.2, -0.15) is 0 Å². The highest BCUT2D eigenvalue weighted by atomic mass is 32.1. The first-order chi connectivity index (χ1) is 9.08. The minimum atomic E-state index is -2.60. The Labute approximate surface area is 111 Å². The lowest BCUT2D eigenvalue weighted by Crippen LogP contribution is -2.19. The fourth-order valence-corrected chi connectivity index (χ4v) is 2.38. The molecule has 100 valence electrons. The molecule has 0 unspecified atom stereocenters. The van der Waals surface area contributed by atoms with Gasteiger partial charge in [-0.05, 0) is 11.1 Å². The lowest BCUT2D eigenvalue weighted by Gasteiger charge is -2.04. The SMILES string of the molecule is O=C(O)NCc1ccc(-c2scnc2C(F)F)cc1. The Morgan fingerprint density at radius 1 is 1.37 bits per heavy atom. The molecule has 0 radical (unpaired) electrons. The van der Waals surface area contributed by atoms with E-state index in [9.17, 15) is 13.6 Å². The van der Waals surface area contributed by atoms with Gasteiger partial charge in [-0.15, -0.1) is 11.3 Å². The van der Waals surface area contributed by atoms with Crippen LogP contribution in [0.15, 0.2) is 29.8 Å². The molecule has 0 aliphatic heterocycles. The van der Waals surface area contributed by atoms with Crippen molar-refractivity contribution in [2.45, 2.75) is 13.0 Å². The van der Waals surface area contributed by atoms with E-state index in [-0.39, 0.29) is 12.2 Å². The number of nitrogens with zero attached hydrogens (tertiary/aromatic N) is 1. The van der Waals surface area contributed by atoms with Gasteiger partial charge in [0.15, 0.2) is 0 Å². The summed E-state index contributed by atoms with van der Waals surface area (Å²) in [5, 5.41) is 10.7. The molecule has 1 aromatic carbocycles. The highest BCUT2D eigenvalue weighted by Crippen LogP contribution is 2.33. The Bertz CT molecular complexity index is 569. The number of hydrogen-bond donors (Lipinski definition) is 2. The second kappa shape index (κ2) is 5.75. The molecule has 2 aromatic rings. The average Bonchev–Trinajstić information content (AvgIpc) is 2.86. The minimum Gasteiger partial charge on any atom is -0.465 e. The van der Waals surface area contributed by atoms with Crippen LogP contribution in [0.25, 0.3) is 10.4 Å². The van der Waals surface area contributed by atoms with Crippen molar-refractivity contribution in [1.29, 1.82) is 0 Å². The predicted molar refractivity (Wildman–Crippen MR) is 67.4 cm³/mol. The van der Waals surface area contributed by atoms with Gasteiger partial charge in [0.25, 0.3) is 6.43 Å². The Morgan fingerprint density at radius 2 is 2.05 bits per heavy atom. The van der Waals surface area contributed by atoms with Crippen LogP contribution >= 0.6 is 11.3 Å². The van der Waals surface area contributed by atoms with Gasteiger partial charge in [0, 0.05) is 6.54 Å². The third kappa shape index (κ3) is 3.25. The standard InChI is InChI=1S/C12H10F2N2O2S/c13-11(14)9-10(19-6-16-9)8-3-1-7(2-4-8)5-15-12(17)18/h1-4,6,11,15H,5H2,(H,17,18). The number of carboxylic acid groups (broad SMARTS) is 1. The summed E-state index contributed by atoms with van der Waals surface area (Å²) < 4.78 is 25.4. The molecule has 1 heterocycles. The molecule has 0 aliphatic carbocycles. The number of aromatic nitrogens is 1. The number of thiazole rings is 1. The lowest BCUT2D eigenvalue weighted by molar-refractivity contribution is 0.147. The lowest BCUT2D eigenvalue weighted by atomic mass is 10.1. The number of amides is 1. The first-order valence-corrected chi connectivity index (χ1v) is 6.23. The van der Waals surface area contributed by atoms with Crippen molar-refractivity contribution < 1.29 is 18.7 Å². The summed E-state index contributed by atoms with van der Waals surface area (Å²) >= 11 is 1.15. The van der Waals surface area contributed by atoms with Gasteiger partial charge in [0.1, 0.15) is 5.69 Å². The van der Waals surface area contributed by atoms with Crippen LogP contribution in [0.2, 0.25) is 0 Å². The van der Waals surface area contributed by atoms with E-state index in [1.807, 2.05) is 0 Å². The van der Waals surface area contributed by atoms with Crippen molar-refractivity contribution in [3.63, 3.8) is 0 Å². The number of hydrogen-bond acceptors (Lipinski definition) is 3. The Morgan fingerprint density at radius 3 is 2.63 bits per heavy atom. The molecule has 0 atom stereocenters. The molecule has 0 aliphatic rings. The molecular formula is C12H10F2N2O2S. The van der Waals surface area contributed by atoms with Crippen LogP contribution in [-0.4, -0.2) is 16.2 Å². The summed E-state index contributed by atoms with van der Waals surface area (Å²) in [5.41, 5.74) is 2.57. The van der Waals surface area contributed by atoms with Crippen molar-refractivity contribution in [1.82, 2.24) is 10.3 Å². The topological polar surface area (TPSA) is 62.2 Å². The molecule has 0 saturated carbocycles. The van der Waals surface area contributed by atoms with Crippen LogP contribution in [0, 0.1) is 0 Å². The maximum absolute atomic E-state index is 12.7. The summed E-state index contributed by atoms with van der Waals surface area (Å²) in [7, 11) is 0. The molecule has 0 spiro atoms. The van der Waals surface area contributed by atoms with E-state index in [0.717, 1.165) is 16.9 Å². The van der Waals surface area contributed by atoms with Crippen LogP contribution in [0.1, 0.15) is 17.7 Å². The van der Waals surface area contributed by atoms with E-state index in [2.05, 4.69) is 10.3 Å².